The van der Waals surface area contributed by atoms with Crippen LogP contribution in [0.25, 0.3) is 4.96 Å². The standard InChI is InChI=1S/C13H19N3OS/c1-2-15(10-5-3-4-6-10)12-11(9-17)16-7-8-18-13(16)14-12/h7-8,10,17H,2-6,9H2,1H3. The lowest BCUT2D eigenvalue weighted by molar-refractivity contribution is 0.276. The zero-order valence-electron chi connectivity index (χ0n) is 10.7. The van der Waals surface area contributed by atoms with E-state index in [1.165, 1.54) is 25.7 Å². The van der Waals surface area contributed by atoms with Gasteiger partial charge in [0.25, 0.3) is 0 Å². The van der Waals surface area contributed by atoms with Gasteiger partial charge in [-0.05, 0) is 19.8 Å². The molecule has 0 aromatic carbocycles. The number of thiazole rings is 1. The SMILES string of the molecule is CCN(c1nc2sccn2c1CO)C1CCCC1. The van der Waals surface area contributed by atoms with Gasteiger partial charge in [-0.3, -0.25) is 4.40 Å². The van der Waals surface area contributed by atoms with Crippen molar-refractivity contribution in [2.24, 2.45) is 0 Å². The lowest BCUT2D eigenvalue weighted by atomic mass is 10.2. The summed E-state index contributed by atoms with van der Waals surface area (Å²) in [6.45, 7) is 3.19. The number of aromatic nitrogens is 2. The Morgan fingerprint density at radius 1 is 1.50 bits per heavy atom. The van der Waals surface area contributed by atoms with Gasteiger partial charge in [0.15, 0.2) is 10.8 Å². The van der Waals surface area contributed by atoms with Gasteiger partial charge in [0, 0.05) is 24.2 Å². The molecule has 0 aliphatic heterocycles. The molecule has 0 unspecified atom stereocenters. The van der Waals surface area contributed by atoms with Crippen LogP contribution in [0.15, 0.2) is 11.6 Å². The summed E-state index contributed by atoms with van der Waals surface area (Å²) in [5, 5.41) is 11.6. The van der Waals surface area contributed by atoms with E-state index < -0.39 is 0 Å². The molecule has 18 heavy (non-hydrogen) atoms. The second-order valence-corrected chi connectivity index (χ2v) is 5.69. The molecular formula is C13H19N3OS. The van der Waals surface area contributed by atoms with E-state index in [4.69, 9.17) is 4.98 Å². The lowest BCUT2D eigenvalue weighted by Crippen LogP contribution is -2.34. The molecule has 0 bridgehead atoms. The van der Waals surface area contributed by atoms with Crippen molar-refractivity contribution in [2.75, 3.05) is 11.4 Å². The largest absolute Gasteiger partial charge is 0.390 e. The molecular weight excluding hydrogens is 246 g/mol. The predicted octanol–water partition coefficient (Wildman–Crippen LogP) is 2.66. The number of hydrogen-bond acceptors (Lipinski definition) is 4. The van der Waals surface area contributed by atoms with Gasteiger partial charge in [-0.15, -0.1) is 11.3 Å². The van der Waals surface area contributed by atoms with Crippen LogP contribution in [-0.2, 0) is 6.61 Å². The Morgan fingerprint density at radius 2 is 2.28 bits per heavy atom. The fourth-order valence-corrected chi connectivity index (χ4v) is 3.72. The van der Waals surface area contributed by atoms with Crippen molar-refractivity contribution in [2.45, 2.75) is 45.3 Å². The molecule has 1 aliphatic carbocycles. The highest BCUT2D eigenvalue weighted by Gasteiger charge is 2.26. The topological polar surface area (TPSA) is 40.8 Å². The number of aliphatic hydroxyl groups is 1. The van der Waals surface area contributed by atoms with E-state index in [9.17, 15) is 5.11 Å². The molecule has 1 aliphatic rings. The monoisotopic (exact) mass is 265 g/mol. The molecule has 0 atom stereocenters. The first-order valence-corrected chi connectivity index (χ1v) is 7.55. The Balaban J connectivity index is 2.02. The number of fused-ring (bicyclic) bond motifs is 1. The quantitative estimate of drug-likeness (QED) is 0.924. The summed E-state index contributed by atoms with van der Waals surface area (Å²) in [4.78, 5) is 8.06. The molecule has 1 N–H and O–H groups in total. The van der Waals surface area contributed by atoms with Crippen molar-refractivity contribution in [3.63, 3.8) is 0 Å². The predicted molar refractivity (Wildman–Crippen MR) is 74.3 cm³/mol. The van der Waals surface area contributed by atoms with Crippen molar-refractivity contribution in [3.8, 4) is 0 Å². The van der Waals surface area contributed by atoms with Gasteiger partial charge in [0.05, 0.1) is 12.3 Å². The molecule has 4 nitrogen and oxygen atoms in total. The first-order valence-electron chi connectivity index (χ1n) is 6.67. The normalized spacial score (nSPS) is 16.8. The second kappa shape index (κ2) is 4.90. The molecule has 2 aromatic heterocycles. The molecule has 2 aromatic rings. The van der Waals surface area contributed by atoms with Crippen molar-refractivity contribution >= 4 is 22.1 Å². The fourth-order valence-electron chi connectivity index (χ4n) is 2.99. The minimum atomic E-state index is 0.0520. The van der Waals surface area contributed by atoms with Crippen LogP contribution in [0, 0.1) is 0 Å². The van der Waals surface area contributed by atoms with Crippen LogP contribution >= 0.6 is 11.3 Å². The third kappa shape index (κ3) is 1.82. The third-order valence-electron chi connectivity index (χ3n) is 3.87. The summed E-state index contributed by atoms with van der Waals surface area (Å²) < 4.78 is 2.01. The summed E-state index contributed by atoms with van der Waals surface area (Å²) in [7, 11) is 0. The summed E-state index contributed by atoms with van der Waals surface area (Å²) >= 11 is 1.62. The summed E-state index contributed by atoms with van der Waals surface area (Å²) in [5.74, 6) is 0.985. The molecule has 0 saturated heterocycles. The van der Waals surface area contributed by atoms with Crippen LogP contribution in [0.3, 0.4) is 0 Å². The first-order chi connectivity index (χ1) is 8.85. The third-order valence-corrected chi connectivity index (χ3v) is 4.62. The maximum absolute atomic E-state index is 9.63. The van der Waals surface area contributed by atoms with Crippen LogP contribution in [0.5, 0.6) is 0 Å². The average Bonchev–Trinajstić information content (AvgIpc) is 3.05. The highest BCUT2D eigenvalue weighted by atomic mass is 32.1. The van der Waals surface area contributed by atoms with Crippen LogP contribution < -0.4 is 4.90 Å². The molecule has 0 radical (unpaired) electrons. The van der Waals surface area contributed by atoms with Gasteiger partial charge in [0.1, 0.15) is 0 Å². The number of hydrogen-bond donors (Lipinski definition) is 1. The fraction of sp³-hybridized carbons (Fsp3) is 0.615. The van der Waals surface area contributed by atoms with E-state index in [0.29, 0.717) is 6.04 Å². The van der Waals surface area contributed by atoms with E-state index in [2.05, 4.69) is 11.8 Å². The molecule has 3 rings (SSSR count). The Morgan fingerprint density at radius 3 is 2.94 bits per heavy atom. The van der Waals surface area contributed by atoms with Gasteiger partial charge in [0.2, 0.25) is 0 Å². The number of imidazole rings is 1. The van der Waals surface area contributed by atoms with Crippen LogP contribution in [0.4, 0.5) is 5.82 Å². The average molecular weight is 265 g/mol. The molecule has 0 spiro atoms. The molecule has 2 heterocycles. The number of nitrogens with zero attached hydrogens (tertiary/aromatic N) is 3. The van der Waals surface area contributed by atoms with Crippen molar-refractivity contribution in [1.29, 1.82) is 0 Å². The Bertz CT molecular complexity index is 527. The van der Waals surface area contributed by atoms with Gasteiger partial charge >= 0.3 is 0 Å². The highest BCUT2D eigenvalue weighted by Crippen LogP contribution is 2.31. The van der Waals surface area contributed by atoms with Crippen molar-refractivity contribution in [3.05, 3.63) is 17.3 Å². The van der Waals surface area contributed by atoms with E-state index in [-0.39, 0.29) is 6.61 Å². The molecule has 5 heteroatoms. The molecule has 98 valence electrons. The van der Waals surface area contributed by atoms with E-state index in [1.54, 1.807) is 11.3 Å². The Labute approximate surface area is 111 Å². The second-order valence-electron chi connectivity index (χ2n) is 4.82. The smallest absolute Gasteiger partial charge is 0.195 e. The number of anilines is 1. The summed E-state index contributed by atoms with van der Waals surface area (Å²) in [6, 6.07) is 0.602. The van der Waals surface area contributed by atoms with Gasteiger partial charge < -0.3 is 10.0 Å². The summed E-state index contributed by atoms with van der Waals surface area (Å²) in [5.41, 5.74) is 0.931. The van der Waals surface area contributed by atoms with E-state index >= 15 is 0 Å². The Hall–Kier alpha value is -1.07. The highest BCUT2D eigenvalue weighted by molar-refractivity contribution is 7.15. The van der Waals surface area contributed by atoms with Gasteiger partial charge in [-0.1, -0.05) is 12.8 Å². The van der Waals surface area contributed by atoms with Crippen molar-refractivity contribution in [1.82, 2.24) is 9.38 Å². The van der Waals surface area contributed by atoms with Gasteiger partial charge in [-0.2, -0.15) is 0 Å². The molecule has 1 saturated carbocycles. The lowest BCUT2D eigenvalue weighted by Gasteiger charge is -2.28. The zero-order chi connectivity index (χ0) is 12.5. The van der Waals surface area contributed by atoms with Crippen LogP contribution in [-0.4, -0.2) is 27.1 Å². The number of aliphatic hydroxyl groups excluding tert-OH is 1. The summed E-state index contributed by atoms with van der Waals surface area (Å²) in [6.07, 6.45) is 7.13. The molecule has 0 amide bonds. The van der Waals surface area contributed by atoms with Crippen LogP contribution in [0.1, 0.15) is 38.3 Å². The maximum atomic E-state index is 9.63. The van der Waals surface area contributed by atoms with Crippen LogP contribution in [0.2, 0.25) is 0 Å². The zero-order valence-corrected chi connectivity index (χ0v) is 11.5. The minimum absolute atomic E-state index is 0.0520. The number of rotatable bonds is 4. The van der Waals surface area contributed by atoms with Gasteiger partial charge in [-0.25, -0.2) is 4.98 Å². The minimum Gasteiger partial charge on any atom is -0.390 e. The van der Waals surface area contributed by atoms with E-state index in [1.807, 2.05) is 16.0 Å². The van der Waals surface area contributed by atoms with E-state index in [0.717, 1.165) is 23.0 Å². The molecule has 1 fully saturated rings. The maximum Gasteiger partial charge on any atom is 0.195 e. The first kappa shape index (κ1) is 12.0. The van der Waals surface area contributed by atoms with Crippen molar-refractivity contribution < 1.29 is 5.11 Å². The Kier molecular flexibility index (Phi) is 3.26.